The molecule has 3 nitrogen and oxygen atoms in total. The van der Waals surface area contributed by atoms with Crippen LogP contribution in [0.4, 0.5) is 0 Å². The minimum absolute atomic E-state index is 0.0936. The van der Waals surface area contributed by atoms with Crippen molar-refractivity contribution in [1.29, 1.82) is 0 Å². The van der Waals surface area contributed by atoms with E-state index in [0.29, 0.717) is 5.17 Å². The third-order valence-corrected chi connectivity index (χ3v) is 4.04. The predicted octanol–water partition coefficient (Wildman–Crippen LogP) is 2.95. The monoisotopic (exact) mass is 258 g/mol. The number of ether oxygens (including phenoxy) is 1. The quantitative estimate of drug-likeness (QED) is 0.901. The maximum atomic E-state index is 5.77. The maximum Gasteiger partial charge on any atom is 0.154 e. The molecule has 2 aromatic carbocycles. The normalized spacial score (nSPS) is 18.9. The van der Waals surface area contributed by atoms with Crippen LogP contribution < -0.4 is 10.5 Å². The summed E-state index contributed by atoms with van der Waals surface area (Å²) in [6, 6.07) is 12.5. The van der Waals surface area contributed by atoms with Crippen LogP contribution in [0.5, 0.6) is 5.75 Å². The Morgan fingerprint density at radius 1 is 1.28 bits per heavy atom. The summed E-state index contributed by atoms with van der Waals surface area (Å²) in [7, 11) is 1.70. The summed E-state index contributed by atoms with van der Waals surface area (Å²) in [5.41, 5.74) is 6.91. The van der Waals surface area contributed by atoms with E-state index >= 15 is 0 Å². The molecule has 2 aromatic rings. The van der Waals surface area contributed by atoms with E-state index in [9.17, 15) is 0 Å². The van der Waals surface area contributed by atoms with E-state index in [1.165, 1.54) is 10.8 Å². The summed E-state index contributed by atoms with van der Waals surface area (Å²) in [5.74, 6) is 1.77. The fourth-order valence-corrected chi connectivity index (χ4v) is 3.11. The lowest BCUT2D eigenvalue weighted by molar-refractivity contribution is 0.408. The van der Waals surface area contributed by atoms with Crippen molar-refractivity contribution in [2.45, 2.75) is 6.04 Å². The fourth-order valence-electron chi connectivity index (χ4n) is 2.34. The van der Waals surface area contributed by atoms with Gasteiger partial charge in [0.2, 0.25) is 0 Å². The summed E-state index contributed by atoms with van der Waals surface area (Å²) in [5, 5.41) is 3.06. The van der Waals surface area contributed by atoms with Gasteiger partial charge in [0, 0.05) is 11.3 Å². The van der Waals surface area contributed by atoms with Crippen molar-refractivity contribution in [3.8, 4) is 5.75 Å². The molecule has 1 heterocycles. The summed E-state index contributed by atoms with van der Waals surface area (Å²) in [4.78, 5) is 4.49. The second-order valence-electron chi connectivity index (χ2n) is 4.20. The van der Waals surface area contributed by atoms with E-state index in [-0.39, 0.29) is 6.04 Å². The highest BCUT2D eigenvalue weighted by atomic mass is 32.2. The summed E-state index contributed by atoms with van der Waals surface area (Å²) < 4.78 is 5.48. The van der Waals surface area contributed by atoms with Crippen LogP contribution >= 0.6 is 11.8 Å². The smallest absolute Gasteiger partial charge is 0.154 e. The Morgan fingerprint density at radius 2 is 2.11 bits per heavy atom. The SMILES string of the molecule is COc1ccc2ccccc2c1C1CSC(N)=N1. The van der Waals surface area contributed by atoms with E-state index in [1.807, 2.05) is 18.2 Å². The zero-order valence-corrected chi connectivity index (χ0v) is 10.9. The third-order valence-electron chi connectivity index (χ3n) is 3.16. The average Bonchev–Trinajstić information content (AvgIpc) is 2.83. The van der Waals surface area contributed by atoms with Crippen molar-refractivity contribution < 1.29 is 4.74 Å². The Balaban J connectivity index is 2.24. The molecule has 1 aliphatic rings. The second-order valence-corrected chi connectivity index (χ2v) is 5.24. The van der Waals surface area contributed by atoms with E-state index in [4.69, 9.17) is 10.5 Å². The largest absolute Gasteiger partial charge is 0.496 e. The lowest BCUT2D eigenvalue weighted by Crippen LogP contribution is -2.02. The number of rotatable bonds is 2. The first-order chi connectivity index (χ1) is 8.79. The van der Waals surface area contributed by atoms with Crippen LogP contribution in [0.25, 0.3) is 10.8 Å². The van der Waals surface area contributed by atoms with E-state index in [0.717, 1.165) is 17.1 Å². The van der Waals surface area contributed by atoms with Gasteiger partial charge in [-0.3, -0.25) is 4.99 Å². The van der Waals surface area contributed by atoms with Gasteiger partial charge >= 0.3 is 0 Å². The Kier molecular flexibility index (Phi) is 2.88. The van der Waals surface area contributed by atoms with Crippen molar-refractivity contribution in [1.82, 2.24) is 0 Å². The molecule has 0 saturated carbocycles. The molecule has 1 unspecified atom stereocenters. The van der Waals surface area contributed by atoms with Crippen molar-refractivity contribution in [2.24, 2.45) is 10.7 Å². The van der Waals surface area contributed by atoms with E-state index < -0.39 is 0 Å². The molecule has 0 spiro atoms. The molecular weight excluding hydrogens is 244 g/mol. The van der Waals surface area contributed by atoms with Crippen molar-refractivity contribution in [2.75, 3.05) is 12.9 Å². The summed E-state index contributed by atoms with van der Waals surface area (Å²) >= 11 is 1.60. The minimum Gasteiger partial charge on any atom is -0.496 e. The molecule has 3 rings (SSSR count). The molecule has 92 valence electrons. The van der Waals surface area contributed by atoms with Gasteiger partial charge in [0.1, 0.15) is 5.75 Å². The van der Waals surface area contributed by atoms with Crippen molar-refractivity contribution in [3.63, 3.8) is 0 Å². The molecule has 0 fully saturated rings. The first-order valence-corrected chi connectivity index (χ1v) is 6.80. The van der Waals surface area contributed by atoms with Crippen molar-refractivity contribution >= 4 is 27.7 Å². The molecule has 0 bridgehead atoms. The van der Waals surface area contributed by atoms with Gasteiger partial charge < -0.3 is 10.5 Å². The zero-order chi connectivity index (χ0) is 12.5. The molecular formula is C14H14N2OS. The van der Waals surface area contributed by atoms with Gasteiger partial charge in [-0.2, -0.15) is 0 Å². The van der Waals surface area contributed by atoms with Crippen LogP contribution in [0.3, 0.4) is 0 Å². The molecule has 0 aromatic heterocycles. The first-order valence-electron chi connectivity index (χ1n) is 5.81. The van der Waals surface area contributed by atoms with Crippen LogP contribution in [-0.4, -0.2) is 18.0 Å². The van der Waals surface area contributed by atoms with Gasteiger partial charge in [0.15, 0.2) is 5.17 Å². The van der Waals surface area contributed by atoms with Crippen LogP contribution in [0.2, 0.25) is 0 Å². The van der Waals surface area contributed by atoms with Crippen LogP contribution in [0.15, 0.2) is 41.4 Å². The molecule has 1 atom stereocenters. The second kappa shape index (κ2) is 4.53. The molecule has 4 heteroatoms. The first kappa shape index (κ1) is 11.4. The van der Waals surface area contributed by atoms with Gasteiger partial charge in [0.25, 0.3) is 0 Å². The standard InChI is InChI=1S/C14H14N2OS/c1-17-12-7-6-9-4-2-3-5-10(9)13(12)11-8-18-14(15)16-11/h2-7,11H,8H2,1H3,(H2,15,16). The van der Waals surface area contributed by atoms with Crippen LogP contribution in [0, 0.1) is 0 Å². The number of hydrogen-bond acceptors (Lipinski definition) is 4. The third kappa shape index (κ3) is 1.82. The van der Waals surface area contributed by atoms with Gasteiger partial charge in [-0.25, -0.2) is 0 Å². The molecule has 0 amide bonds. The number of hydrogen-bond donors (Lipinski definition) is 1. The number of fused-ring (bicyclic) bond motifs is 1. The lowest BCUT2D eigenvalue weighted by Gasteiger charge is -2.15. The lowest BCUT2D eigenvalue weighted by atomic mass is 9.99. The number of methoxy groups -OCH3 is 1. The molecule has 0 saturated heterocycles. The Bertz CT molecular complexity index is 624. The molecule has 0 aliphatic carbocycles. The van der Waals surface area contributed by atoms with Crippen molar-refractivity contribution in [3.05, 3.63) is 42.0 Å². The molecule has 2 N–H and O–H groups in total. The molecule has 1 aliphatic heterocycles. The van der Waals surface area contributed by atoms with Crippen LogP contribution in [0.1, 0.15) is 11.6 Å². The Labute approximate surface area is 110 Å². The number of aliphatic imine (C=N–C) groups is 1. The van der Waals surface area contributed by atoms with E-state index in [2.05, 4.69) is 23.2 Å². The number of nitrogens with zero attached hydrogens (tertiary/aromatic N) is 1. The molecule has 0 radical (unpaired) electrons. The van der Waals surface area contributed by atoms with Crippen LogP contribution in [-0.2, 0) is 0 Å². The fraction of sp³-hybridized carbons (Fsp3) is 0.214. The predicted molar refractivity (Wildman–Crippen MR) is 77.3 cm³/mol. The molecule has 18 heavy (non-hydrogen) atoms. The summed E-state index contributed by atoms with van der Waals surface area (Å²) in [6.45, 7) is 0. The maximum absolute atomic E-state index is 5.77. The topological polar surface area (TPSA) is 47.6 Å². The number of thioether (sulfide) groups is 1. The average molecular weight is 258 g/mol. The Hall–Kier alpha value is -1.68. The van der Waals surface area contributed by atoms with Gasteiger partial charge in [-0.05, 0) is 16.8 Å². The summed E-state index contributed by atoms with van der Waals surface area (Å²) in [6.07, 6.45) is 0. The van der Waals surface area contributed by atoms with Gasteiger partial charge in [-0.15, -0.1) is 0 Å². The van der Waals surface area contributed by atoms with Gasteiger partial charge in [0.05, 0.1) is 13.2 Å². The highest BCUT2D eigenvalue weighted by Gasteiger charge is 2.23. The minimum atomic E-state index is 0.0936. The van der Waals surface area contributed by atoms with E-state index in [1.54, 1.807) is 18.9 Å². The zero-order valence-electron chi connectivity index (χ0n) is 10.1. The highest BCUT2D eigenvalue weighted by molar-refractivity contribution is 8.14. The highest BCUT2D eigenvalue weighted by Crippen LogP contribution is 2.39. The Morgan fingerprint density at radius 3 is 2.83 bits per heavy atom. The number of nitrogens with two attached hydrogens (primary N) is 1. The number of amidine groups is 1. The van der Waals surface area contributed by atoms with Gasteiger partial charge in [-0.1, -0.05) is 42.1 Å². The number of benzene rings is 2.